The summed E-state index contributed by atoms with van der Waals surface area (Å²) in [5.74, 6) is 1.68. The van der Waals surface area contributed by atoms with Gasteiger partial charge in [0.2, 0.25) is 0 Å². The molecule has 2 aromatic carbocycles. The molecule has 2 atom stereocenters. The minimum atomic E-state index is -0.545. The van der Waals surface area contributed by atoms with Gasteiger partial charge in [0.25, 0.3) is 0 Å². The molecule has 3 nitrogen and oxygen atoms in total. The average Bonchev–Trinajstić information content (AvgIpc) is 2.47. The van der Waals surface area contributed by atoms with Crippen molar-refractivity contribution in [3.63, 3.8) is 0 Å². The van der Waals surface area contributed by atoms with Crippen LogP contribution >= 0.6 is 12.4 Å². The molecule has 3 N–H and O–H groups in total. The maximum absolute atomic E-state index is 10.00. The molecule has 0 fully saturated rings. The molecule has 114 valence electrons. The summed E-state index contributed by atoms with van der Waals surface area (Å²) in [5.41, 5.74) is 6.96. The molecule has 0 aliphatic rings. The first-order valence-electron chi connectivity index (χ1n) is 6.84. The molecular formula is C17H22ClNO2. The van der Waals surface area contributed by atoms with Gasteiger partial charge in [0.15, 0.2) is 0 Å². The topological polar surface area (TPSA) is 55.5 Å². The first-order chi connectivity index (χ1) is 9.58. The highest BCUT2D eigenvalue weighted by molar-refractivity contribution is 5.85. The Morgan fingerprint density at radius 1 is 0.905 bits per heavy atom. The van der Waals surface area contributed by atoms with Crippen LogP contribution in [0.2, 0.25) is 0 Å². The fourth-order valence-corrected chi connectivity index (χ4v) is 1.99. The number of ether oxygens (including phenoxy) is 1. The van der Waals surface area contributed by atoms with E-state index < -0.39 is 6.10 Å². The third-order valence-corrected chi connectivity index (χ3v) is 3.29. The van der Waals surface area contributed by atoms with E-state index in [9.17, 15) is 5.11 Å². The highest BCUT2D eigenvalue weighted by Gasteiger charge is 2.19. The van der Waals surface area contributed by atoms with Gasteiger partial charge in [0, 0.05) is 0 Å². The number of hydrogen-bond acceptors (Lipinski definition) is 3. The first-order valence-corrected chi connectivity index (χ1v) is 6.84. The van der Waals surface area contributed by atoms with Gasteiger partial charge in [-0.15, -0.1) is 12.4 Å². The van der Waals surface area contributed by atoms with Crippen molar-refractivity contribution in [3.8, 4) is 11.5 Å². The molecule has 4 heteroatoms. The molecular weight excluding hydrogens is 286 g/mol. The van der Waals surface area contributed by atoms with Crippen LogP contribution in [0.15, 0.2) is 54.6 Å². The van der Waals surface area contributed by atoms with E-state index in [-0.39, 0.29) is 24.4 Å². The lowest BCUT2D eigenvalue weighted by Crippen LogP contribution is -2.30. The van der Waals surface area contributed by atoms with Gasteiger partial charge in [-0.2, -0.15) is 0 Å². The van der Waals surface area contributed by atoms with E-state index in [0.29, 0.717) is 0 Å². The van der Waals surface area contributed by atoms with E-state index in [0.717, 1.165) is 17.1 Å². The minimum absolute atomic E-state index is 0. The number of rotatable bonds is 5. The smallest absolute Gasteiger partial charge is 0.127 e. The summed E-state index contributed by atoms with van der Waals surface area (Å²) in [6.07, 6.45) is -0.545. The molecule has 0 bridgehead atoms. The largest absolute Gasteiger partial charge is 0.457 e. The Balaban J connectivity index is 0.00000220. The predicted octanol–water partition coefficient (Wildman–Crippen LogP) is 3.92. The minimum Gasteiger partial charge on any atom is -0.457 e. The Bertz CT molecular complexity index is 528. The van der Waals surface area contributed by atoms with Crippen LogP contribution in [0.25, 0.3) is 0 Å². The van der Waals surface area contributed by atoms with Gasteiger partial charge in [-0.25, -0.2) is 0 Å². The Kier molecular flexibility index (Phi) is 6.69. The zero-order valence-electron chi connectivity index (χ0n) is 12.3. The Hall–Kier alpha value is -1.55. The van der Waals surface area contributed by atoms with Gasteiger partial charge < -0.3 is 15.6 Å². The number of nitrogens with two attached hydrogens (primary N) is 1. The number of hydrogen-bond donors (Lipinski definition) is 2. The van der Waals surface area contributed by atoms with Crippen molar-refractivity contribution < 1.29 is 9.84 Å². The van der Waals surface area contributed by atoms with Crippen LogP contribution in [0.1, 0.15) is 25.5 Å². The van der Waals surface area contributed by atoms with Gasteiger partial charge in [0.1, 0.15) is 11.5 Å². The van der Waals surface area contributed by atoms with E-state index in [1.807, 2.05) is 68.4 Å². The van der Waals surface area contributed by atoms with Crippen molar-refractivity contribution in [3.05, 3.63) is 60.2 Å². The van der Waals surface area contributed by atoms with E-state index in [2.05, 4.69) is 0 Å². The summed E-state index contributed by atoms with van der Waals surface area (Å²) in [7, 11) is 0. The lowest BCUT2D eigenvalue weighted by atomic mass is 9.94. The molecule has 0 aliphatic carbocycles. The predicted molar refractivity (Wildman–Crippen MR) is 88.0 cm³/mol. The first kappa shape index (κ1) is 17.5. The second-order valence-electron chi connectivity index (χ2n) is 5.24. The Morgan fingerprint density at radius 3 is 1.95 bits per heavy atom. The van der Waals surface area contributed by atoms with Crippen LogP contribution in [0.3, 0.4) is 0 Å². The molecule has 2 aromatic rings. The van der Waals surface area contributed by atoms with Crippen molar-refractivity contribution in [2.24, 2.45) is 11.7 Å². The van der Waals surface area contributed by atoms with E-state index >= 15 is 0 Å². The van der Waals surface area contributed by atoms with Crippen molar-refractivity contribution in [2.45, 2.75) is 26.0 Å². The van der Waals surface area contributed by atoms with Gasteiger partial charge >= 0.3 is 0 Å². The number of aliphatic hydroxyl groups excluding tert-OH is 1. The highest BCUT2D eigenvalue weighted by Crippen LogP contribution is 2.25. The SMILES string of the molecule is CC(C)[C@H](O)[C@H](N)c1ccc(Oc2ccccc2)cc1.Cl. The maximum atomic E-state index is 10.00. The van der Waals surface area contributed by atoms with Gasteiger partial charge in [-0.3, -0.25) is 0 Å². The molecule has 0 heterocycles. The van der Waals surface area contributed by atoms with Crippen LogP contribution < -0.4 is 10.5 Å². The molecule has 0 unspecified atom stereocenters. The van der Waals surface area contributed by atoms with Crippen molar-refractivity contribution >= 4 is 12.4 Å². The lowest BCUT2D eigenvalue weighted by Gasteiger charge is -2.22. The fraction of sp³-hybridized carbons (Fsp3) is 0.294. The van der Waals surface area contributed by atoms with Gasteiger partial charge in [0.05, 0.1) is 12.1 Å². The second kappa shape index (κ2) is 8.03. The third-order valence-electron chi connectivity index (χ3n) is 3.29. The number of halogens is 1. The Labute approximate surface area is 132 Å². The molecule has 0 spiro atoms. The van der Waals surface area contributed by atoms with E-state index in [4.69, 9.17) is 10.5 Å². The maximum Gasteiger partial charge on any atom is 0.127 e. The second-order valence-corrected chi connectivity index (χ2v) is 5.24. The summed E-state index contributed by atoms with van der Waals surface area (Å²) >= 11 is 0. The summed E-state index contributed by atoms with van der Waals surface area (Å²) in [4.78, 5) is 0. The number of para-hydroxylation sites is 1. The zero-order valence-corrected chi connectivity index (χ0v) is 13.1. The van der Waals surface area contributed by atoms with Crippen LogP contribution in [0.5, 0.6) is 11.5 Å². The average molecular weight is 308 g/mol. The Morgan fingerprint density at radius 2 is 1.43 bits per heavy atom. The van der Waals surface area contributed by atoms with Crippen molar-refractivity contribution in [1.82, 2.24) is 0 Å². The quantitative estimate of drug-likeness (QED) is 0.880. The van der Waals surface area contributed by atoms with E-state index in [1.165, 1.54) is 0 Å². The van der Waals surface area contributed by atoms with Crippen LogP contribution in [-0.2, 0) is 0 Å². The lowest BCUT2D eigenvalue weighted by molar-refractivity contribution is 0.0979. The molecule has 0 saturated heterocycles. The standard InChI is InChI=1S/C17H21NO2.ClH/c1-12(2)17(19)16(18)13-8-10-15(11-9-13)20-14-6-4-3-5-7-14;/h3-12,16-17,19H,18H2,1-2H3;1H/t16-,17+;/m1./s1. The monoisotopic (exact) mass is 307 g/mol. The van der Waals surface area contributed by atoms with Crippen LogP contribution in [-0.4, -0.2) is 11.2 Å². The molecule has 0 saturated carbocycles. The number of benzene rings is 2. The summed E-state index contributed by atoms with van der Waals surface area (Å²) in [5, 5.41) is 10.00. The summed E-state index contributed by atoms with van der Waals surface area (Å²) < 4.78 is 5.72. The van der Waals surface area contributed by atoms with Crippen LogP contribution in [0.4, 0.5) is 0 Å². The van der Waals surface area contributed by atoms with Crippen molar-refractivity contribution in [2.75, 3.05) is 0 Å². The highest BCUT2D eigenvalue weighted by atomic mass is 35.5. The number of aliphatic hydroxyl groups is 1. The van der Waals surface area contributed by atoms with E-state index in [1.54, 1.807) is 0 Å². The van der Waals surface area contributed by atoms with Crippen LogP contribution in [0, 0.1) is 5.92 Å². The molecule has 0 aliphatic heterocycles. The molecule has 0 aromatic heterocycles. The molecule has 21 heavy (non-hydrogen) atoms. The molecule has 0 amide bonds. The van der Waals surface area contributed by atoms with Gasteiger partial charge in [-0.05, 0) is 35.7 Å². The normalized spacial score (nSPS) is 13.4. The summed E-state index contributed by atoms with van der Waals surface area (Å²) in [6, 6.07) is 16.8. The zero-order chi connectivity index (χ0) is 14.5. The third kappa shape index (κ3) is 4.74. The summed E-state index contributed by atoms with van der Waals surface area (Å²) in [6.45, 7) is 3.91. The fourth-order valence-electron chi connectivity index (χ4n) is 1.99. The molecule has 0 radical (unpaired) electrons. The van der Waals surface area contributed by atoms with Gasteiger partial charge in [-0.1, -0.05) is 44.2 Å². The van der Waals surface area contributed by atoms with Crippen molar-refractivity contribution in [1.29, 1.82) is 0 Å². The molecule has 2 rings (SSSR count).